The van der Waals surface area contributed by atoms with Crippen molar-refractivity contribution in [1.29, 1.82) is 0 Å². The average molecular weight is 413 g/mol. The van der Waals surface area contributed by atoms with Gasteiger partial charge in [0.15, 0.2) is 15.6 Å². The van der Waals surface area contributed by atoms with Crippen LogP contribution in [-0.2, 0) is 21.2 Å². The number of benzene rings is 2. The number of Topliss-reactive ketones (excluding diaryl/α,β-unsaturated/α-hetero) is 1. The zero-order chi connectivity index (χ0) is 21.3. The molecule has 5 heteroatoms. The molecule has 0 N–H and O–H groups in total. The second-order valence-electron chi connectivity index (χ2n) is 7.01. The normalized spacial score (nSPS) is 14.2. The van der Waals surface area contributed by atoms with E-state index in [1.807, 2.05) is 55.5 Å². The van der Waals surface area contributed by atoms with Gasteiger partial charge >= 0.3 is 0 Å². The van der Waals surface area contributed by atoms with E-state index in [0.717, 1.165) is 11.1 Å². The van der Waals surface area contributed by atoms with Crippen LogP contribution in [0.3, 0.4) is 0 Å². The van der Waals surface area contributed by atoms with E-state index in [0.29, 0.717) is 12.2 Å². The molecule has 0 aliphatic heterocycles. The lowest BCUT2D eigenvalue weighted by atomic mass is 10.00. The molecule has 2 atom stereocenters. The van der Waals surface area contributed by atoms with E-state index in [-0.39, 0.29) is 18.0 Å². The number of rotatable bonds is 11. The van der Waals surface area contributed by atoms with E-state index >= 15 is 0 Å². The van der Waals surface area contributed by atoms with Gasteiger partial charge in [-0.1, -0.05) is 72.8 Å². The van der Waals surface area contributed by atoms with E-state index in [1.54, 1.807) is 25.1 Å². The van der Waals surface area contributed by atoms with E-state index in [1.165, 1.54) is 6.08 Å². The van der Waals surface area contributed by atoms with Gasteiger partial charge < -0.3 is 4.74 Å². The topological polar surface area (TPSA) is 60.4 Å². The van der Waals surface area contributed by atoms with Gasteiger partial charge in [-0.05, 0) is 25.0 Å². The summed E-state index contributed by atoms with van der Waals surface area (Å²) in [5.74, 6) is -0.130. The number of ether oxygens (including phenoxy) is 1. The zero-order valence-electron chi connectivity index (χ0n) is 17.0. The maximum Gasteiger partial charge on any atom is 0.165 e. The highest BCUT2D eigenvalue weighted by molar-refractivity contribution is 7.92. The van der Waals surface area contributed by atoms with E-state index in [4.69, 9.17) is 4.74 Å². The minimum absolute atomic E-state index is 0.0435. The number of carbonyl (C=O) groups is 1. The lowest BCUT2D eigenvalue weighted by Gasteiger charge is -2.20. The molecule has 0 unspecified atom stereocenters. The Bertz CT molecular complexity index is 931. The number of sulfone groups is 1. The summed E-state index contributed by atoms with van der Waals surface area (Å²) in [6.45, 7) is 7.30. The highest BCUT2D eigenvalue weighted by atomic mass is 32.2. The van der Waals surface area contributed by atoms with Crippen LogP contribution in [-0.4, -0.2) is 31.3 Å². The second kappa shape index (κ2) is 10.9. The molecule has 29 heavy (non-hydrogen) atoms. The zero-order valence-corrected chi connectivity index (χ0v) is 17.8. The van der Waals surface area contributed by atoms with Gasteiger partial charge in [0.05, 0.1) is 23.7 Å². The van der Waals surface area contributed by atoms with Crippen LogP contribution in [0.1, 0.15) is 36.2 Å². The molecule has 4 nitrogen and oxygen atoms in total. The monoisotopic (exact) mass is 412 g/mol. The van der Waals surface area contributed by atoms with Crippen LogP contribution >= 0.6 is 0 Å². The smallest absolute Gasteiger partial charge is 0.165 e. The Hall–Kier alpha value is -2.50. The second-order valence-corrected chi connectivity index (χ2v) is 9.42. The molecule has 0 fully saturated rings. The molecular weight excluding hydrogens is 384 g/mol. The largest absolute Gasteiger partial charge is 0.369 e. The lowest BCUT2D eigenvalue weighted by molar-refractivity contribution is 0.0530. The SMILES string of the molecule is C=CCS(=O)(=O)[C@H](C)/C=C(/C)[C@H](CC(=O)c1ccccc1)OCc1ccccc1. The summed E-state index contributed by atoms with van der Waals surface area (Å²) in [5, 5.41) is -0.685. The van der Waals surface area contributed by atoms with Crippen molar-refractivity contribution in [3.05, 3.63) is 96.1 Å². The molecule has 0 saturated heterocycles. The molecule has 0 aliphatic carbocycles. The molecule has 0 heterocycles. The van der Waals surface area contributed by atoms with Crippen molar-refractivity contribution in [2.75, 3.05) is 5.75 Å². The molecule has 0 radical (unpaired) electrons. The van der Waals surface area contributed by atoms with Crippen LogP contribution in [0.4, 0.5) is 0 Å². The Balaban J connectivity index is 2.21. The predicted molar refractivity (Wildman–Crippen MR) is 118 cm³/mol. The van der Waals surface area contributed by atoms with Crippen molar-refractivity contribution in [2.45, 2.75) is 38.2 Å². The fourth-order valence-corrected chi connectivity index (χ4v) is 3.98. The predicted octanol–water partition coefficient (Wildman–Crippen LogP) is 4.78. The summed E-state index contributed by atoms with van der Waals surface area (Å²) >= 11 is 0. The van der Waals surface area contributed by atoms with Crippen LogP contribution in [0.15, 0.2) is 85.0 Å². The van der Waals surface area contributed by atoms with Crippen molar-refractivity contribution >= 4 is 15.6 Å². The van der Waals surface area contributed by atoms with Gasteiger partial charge in [-0.25, -0.2) is 8.42 Å². The first kappa shape index (κ1) is 22.8. The van der Waals surface area contributed by atoms with E-state index < -0.39 is 21.2 Å². The molecule has 0 amide bonds. The molecule has 2 aromatic rings. The Morgan fingerprint density at radius 2 is 1.66 bits per heavy atom. The molecule has 0 bridgehead atoms. The molecule has 2 rings (SSSR count). The third kappa shape index (κ3) is 7.11. The number of ketones is 1. The van der Waals surface area contributed by atoms with Crippen molar-refractivity contribution in [2.24, 2.45) is 0 Å². The van der Waals surface area contributed by atoms with Gasteiger partial charge in [0.2, 0.25) is 0 Å². The third-order valence-corrected chi connectivity index (χ3v) is 6.65. The summed E-state index contributed by atoms with van der Waals surface area (Å²) in [7, 11) is -3.32. The van der Waals surface area contributed by atoms with Crippen LogP contribution < -0.4 is 0 Å². The van der Waals surface area contributed by atoms with E-state index in [9.17, 15) is 13.2 Å². The molecule has 0 aromatic heterocycles. The highest BCUT2D eigenvalue weighted by Crippen LogP contribution is 2.19. The Morgan fingerprint density at radius 1 is 1.07 bits per heavy atom. The van der Waals surface area contributed by atoms with Crippen molar-refractivity contribution < 1.29 is 17.9 Å². The van der Waals surface area contributed by atoms with Crippen molar-refractivity contribution in [3.8, 4) is 0 Å². The first-order valence-corrected chi connectivity index (χ1v) is 11.3. The Morgan fingerprint density at radius 3 is 2.24 bits per heavy atom. The molecule has 0 saturated carbocycles. The molecular formula is C24H28O4S. The fourth-order valence-electron chi connectivity index (χ4n) is 2.93. The number of hydrogen-bond acceptors (Lipinski definition) is 4. The van der Waals surface area contributed by atoms with Crippen molar-refractivity contribution in [3.63, 3.8) is 0 Å². The van der Waals surface area contributed by atoms with Gasteiger partial charge in [-0.15, -0.1) is 6.58 Å². The summed E-state index contributed by atoms with van der Waals surface area (Å²) < 4.78 is 30.6. The van der Waals surface area contributed by atoms with Crippen LogP contribution in [0.5, 0.6) is 0 Å². The Labute approximate surface area is 173 Å². The maximum absolute atomic E-state index is 12.7. The summed E-state index contributed by atoms with van der Waals surface area (Å²) in [6.07, 6.45) is 2.70. The minimum Gasteiger partial charge on any atom is -0.369 e. The maximum atomic E-state index is 12.7. The molecule has 0 spiro atoms. The lowest BCUT2D eigenvalue weighted by Crippen LogP contribution is -2.23. The van der Waals surface area contributed by atoms with Crippen LogP contribution in [0, 0.1) is 0 Å². The number of hydrogen-bond donors (Lipinski definition) is 0. The van der Waals surface area contributed by atoms with Gasteiger partial charge in [0.1, 0.15) is 0 Å². The summed E-state index contributed by atoms with van der Waals surface area (Å²) in [6, 6.07) is 18.7. The van der Waals surface area contributed by atoms with Gasteiger partial charge in [0.25, 0.3) is 0 Å². The average Bonchev–Trinajstić information content (AvgIpc) is 2.72. The first-order valence-electron chi connectivity index (χ1n) is 9.58. The quantitative estimate of drug-likeness (QED) is 0.394. The van der Waals surface area contributed by atoms with Crippen molar-refractivity contribution in [1.82, 2.24) is 0 Å². The highest BCUT2D eigenvalue weighted by Gasteiger charge is 2.22. The van der Waals surface area contributed by atoms with E-state index in [2.05, 4.69) is 6.58 Å². The Kier molecular flexibility index (Phi) is 8.55. The fraction of sp³-hybridized carbons (Fsp3) is 0.292. The van der Waals surface area contributed by atoms with Crippen LogP contribution in [0.25, 0.3) is 0 Å². The van der Waals surface area contributed by atoms with Gasteiger partial charge in [-0.3, -0.25) is 4.79 Å². The molecule has 0 aliphatic rings. The number of carbonyl (C=O) groups excluding carboxylic acids is 1. The molecule has 2 aromatic carbocycles. The van der Waals surface area contributed by atoms with Crippen LogP contribution in [0.2, 0.25) is 0 Å². The first-order chi connectivity index (χ1) is 13.8. The summed E-state index contributed by atoms with van der Waals surface area (Å²) in [4.78, 5) is 12.7. The van der Waals surface area contributed by atoms with Gasteiger partial charge in [0, 0.05) is 12.0 Å². The minimum atomic E-state index is -3.32. The standard InChI is InChI=1S/C24H28O4S/c1-4-15-29(26,27)20(3)16-19(2)24(28-18-21-11-7-5-8-12-21)17-23(25)22-13-9-6-10-14-22/h4-14,16,20,24H,1,15,17-18H2,2-3H3/b19-16-/t20-,24+/m1/s1. The summed E-state index contributed by atoms with van der Waals surface area (Å²) in [5.41, 5.74) is 2.33. The third-order valence-electron chi connectivity index (χ3n) is 4.68. The van der Waals surface area contributed by atoms with Gasteiger partial charge in [-0.2, -0.15) is 0 Å². The molecule has 154 valence electrons.